The van der Waals surface area contributed by atoms with E-state index < -0.39 is 11.7 Å². The molecule has 7 heteroatoms. The number of aromatic amines is 1. The Morgan fingerprint density at radius 3 is 2.43 bits per heavy atom. The zero-order valence-corrected chi connectivity index (χ0v) is 16.7. The van der Waals surface area contributed by atoms with E-state index in [9.17, 15) is 18.0 Å². The minimum atomic E-state index is -4.30. The highest BCUT2D eigenvalue weighted by Crippen LogP contribution is 2.34. The largest absolute Gasteiger partial charge is 0.416 e. The molecular formula is C23H26F3N3O. The molecule has 4 rings (SSSR count). The van der Waals surface area contributed by atoms with E-state index in [1.54, 1.807) is 18.3 Å². The third kappa shape index (κ3) is 5.02. The predicted molar refractivity (Wildman–Crippen MR) is 110 cm³/mol. The number of allylic oxidation sites excluding steroid dienone is 1. The molecule has 0 unspecified atom stereocenters. The number of pyridine rings is 1. The van der Waals surface area contributed by atoms with E-state index in [1.165, 1.54) is 12.1 Å². The monoisotopic (exact) mass is 417 g/mol. The molecule has 160 valence electrons. The number of halogens is 3. The van der Waals surface area contributed by atoms with Crippen molar-refractivity contribution in [3.8, 4) is 0 Å². The van der Waals surface area contributed by atoms with Crippen molar-refractivity contribution in [2.75, 3.05) is 26.2 Å². The summed E-state index contributed by atoms with van der Waals surface area (Å²) in [5, 5.41) is 0. The van der Waals surface area contributed by atoms with Crippen LogP contribution in [-0.4, -0.2) is 47.0 Å². The Balaban J connectivity index is 1.31. The van der Waals surface area contributed by atoms with Crippen LogP contribution in [0.2, 0.25) is 0 Å². The van der Waals surface area contributed by atoms with E-state index in [0.29, 0.717) is 6.04 Å². The molecule has 1 fully saturated rings. The van der Waals surface area contributed by atoms with Gasteiger partial charge in [0.1, 0.15) is 0 Å². The van der Waals surface area contributed by atoms with Crippen LogP contribution in [0.5, 0.6) is 0 Å². The summed E-state index contributed by atoms with van der Waals surface area (Å²) in [7, 11) is 0. The predicted octanol–water partition coefficient (Wildman–Crippen LogP) is 4.01. The molecule has 30 heavy (non-hydrogen) atoms. The Bertz CT molecular complexity index is 925. The smallest absolute Gasteiger partial charge is 0.329 e. The minimum Gasteiger partial charge on any atom is -0.329 e. The standard InChI is InChI=1S/C23H26F3N3O/c24-23(25,26)20-3-1-2-19(14-20)18-5-7-21(8-6-18)29-12-10-28(11-13-29)16-17-4-9-22(30)27-15-17/h1-5,7,9,14-15,18,21H,6,8,10-13,16H2,(H,27,30)/t18-,21+/m0/s1. The lowest BCUT2D eigenvalue weighted by atomic mass is 9.86. The van der Waals surface area contributed by atoms with Gasteiger partial charge in [-0.2, -0.15) is 13.2 Å². The third-order valence-electron chi connectivity index (χ3n) is 6.11. The fraction of sp³-hybridized carbons (Fsp3) is 0.435. The molecule has 1 N–H and O–H groups in total. The highest BCUT2D eigenvalue weighted by molar-refractivity contribution is 5.31. The molecule has 0 spiro atoms. The molecule has 0 bridgehead atoms. The normalized spacial score (nSPS) is 23.6. The van der Waals surface area contributed by atoms with Crippen molar-refractivity contribution in [2.45, 2.75) is 37.5 Å². The number of nitrogens with one attached hydrogen (secondary N) is 1. The number of benzene rings is 1. The maximum absolute atomic E-state index is 13.0. The summed E-state index contributed by atoms with van der Waals surface area (Å²) in [5.41, 5.74) is 1.18. The molecule has 1 aliphatic heterocycles. The van der Waals surface area contributed by atoms with Crippen LogP contribution in [0.15, 0.2) is 59.5 Å². The van der Waals surface area contributed by atoms with Gasteiger partial charge in [-0.25, -0.2) is 0 Å². The summed E-state index contributed by atoms with van der Waals surface area (Å²) < 4.78 is 38.9. The Kier molecular flexibility index (Phi) is 6.11. The van der Waals surface area contributed by atoms with E-state index >= 15 is 0 Å². The fourth-order valence-electron chi connectivity index (χ4n) is 4.39. The summed E-state index contributed by atoms with van der Waals surface area (Å²) >= 11 is 0. The average molecular weight is 417 g/mol. The highest BCUT2D eigenvalue weighted by Gasteiger charge is 2.31. The number of H-pyrrole nitrogens is 1. The van der Waals surface area contributed by atoms with Crippen LogP contribution in [0, 0.1) is 0 Å². The average Bonchev–Trinajstić information content (AvgIpc) is 2.76. The molecule has 0 radical (unpaired) electrons. The van der Waals surface area contributed by atoms with E-state index in [2.05, 4.69) is 26.9 Å². The summed E-state index contributed by atoms with van der Waals surface area (Å²) in [4.78, 5) is 18.7. The summed E-state index contributed by atoms with van der Waals surface area (Å²) in [6, 6.07) is 9.47. The Morgan fingerprint density at radius 1 is 1.00 bits per heavy atom. The van der Waals surface area contributed by atoms with Crippen LogP contribution < -0.4 is 5.56 Å². The molecule has 0 amide bonds. The molecule has 1 saturated heterocycles. The van der Waals surface area contributed by atoms with Crippen LogP contribution in [0.4, 0.5) is 13.2 Å². The van der Waals surface area contributed by atoms with Gasteiger partial charge in [-0.15, -0.1) is 0 Å². The van der Waals surface area contributed by atoms with Crippen molar-refractivity contribution < 1.29 is 13.2 Å². The second-order valence-electron chi connectivity index (χ2n) is 8.13. The summed E-state index contributed by atoms with van der Waals surface area (Å²) in [6.07, 6.45) is 3.54. The van der Waals surface area contributed by atoms with E-state index in [1.807, 2.05) is 6.07 Å². The van der Waals surface area contributed by atoms with Crippen molar-refractivity contribution in [3.05, 3.63) is 81.8 Å². The molecular weight excluding hydrogens is 391 g/mol. The van der Waals surface area contributed by atoms with Gasteiger partial charge in [0.25, 0.3) is 0 Å². The zero-order chi connectivity index (χ0) is 21.1. The van der Waals surface area contributed by atoms with Gasteiger partial charge in [0.2, 0.25) is 5.56 Å². The van der Waals surface area contributed by atoms with Crippen LogP contribution in [0.25, 0.3) is 0 Å². The number of alkyl halides is 3. The molecule has 1 aliphatic carbocycles. The van der Waals surface area contributed by atoms with Crippen molar-refractivity contribution in [1.29, 1.82) is 0 Å². The lowest BCUT2D eigenvalue weighted by Gasteiger charge is -2.40. The van der Waals surface area contributed by atoms with Gasteiger partial charge in [-0.3, -0.25) is 14.6 Å². The Morgan fingerprint density at radius 2 is 1.80 bits per heavy atom. The summed E-state index contributed by atoms with van der Waals surface area (Å²) in [6.45, 7) is 4.67. The molecule has 0 saturated carbocycles. The van der Waals surface area contributed by atoms with Gasteiger partial charge in [-0.1, -0.05) is 36.4 Å². The van der Waals surface area contributed by atoms with Crippen LogP contribution in [0.1, 0.15) is 35.4 Å². The van der Waals surface area contributed by atoms with Gasteiger partial charge in [0.05, 0.1) is 5.56 Å². The molecule has 2 aromatic rings. The van der Waals surface area contributed by atoms with Gasteiger partial charge in [0.15, 0.2) is 0 Å². The van der Waals surface area contributed by atoms with Crippen molar-refractivity contribution in [3.63, 3.8) is 0 Å². The maximum Gasteiger partial charge on any atom is 0.416 e. The molecule has 4 nitrogen and oxygen atoms in total. The molecule has 1 aromatic heterocycles. The first kappa shape index (κ1) is 20.9. The van der Waals surface area contributed by atoms with Gasteiger partial charge < -0.3 is 4.98 Å². The fourth-order valence-corrected chi connectivity index (χ4v) is 4.39. The minimum absolute atomic E-state index is 0.0464. The molecule has 1 aromatic carbocycles. The second-order valence-corrected chi connectivity index (χ2v) is 8.13. The number of hydrogen-bond donors (Lipinski definition) is 1. The van der Waals surface area contributed by atoms with Gasteiger partial charge >= 0.3 is 6.18 Å². The van der Waals surface area contributed by atoms with Crippen molar-refractivity contribution in [1.82, 2.24) is 14.8 Å². The lowest BCUT2D eigenvalue weighted by molar-refractivity contribution is -0.137. The first-order valence-corrected chi connectivity index (χ1v) is 10.4. The Hall–Kier alpha value is -2.38. The molecule has 2 heterocycles. The first-order chi connectivity index (χ1) is 14.4. The van der Waals surface area contributed by atoms with Crippen LogP contribution in [-0.2, 0) is 12.7 Å². The van der Waals surface area contributed by atoms with Crippen LogP contribution in [0.3, 0.4) is 0 Å². The Labute approximate surface area is 174 Å². The van der Waals surface area contributed by atoms with E-state index in [4.69, 9.17) is 0 Å². The van der Waals surface area contributed by atoms with Crippen LogP contribution >= 0.6 is 0 Å². The van der Waals surface area contributed by atoms with Gasteiger partial charge in [0, 0.05) is 56.9 Å². The van der Waals surface area contributed by atoms with Gasteiger partial charge in [-0.05, 0) is 30.0 Å². The van der Waals surface area contributed by atoms with Crippen molar-refractivity contribution in [2.24, 2.45) is 0 Å². The second kappa shape index (κ2) is 8.78. The topological polar surface area (TPSA) is 39.3 Å². The maximum atomic E-state index is 13.0. The number of piperazine rings is 1. The first-order valence-electron chi connectivity index (χ1n) is 10.4. The van der Waals surface area contributed by atoms with Crippen molar-refractivity contribution >= 4 is 0 Å². The SMILES string of the molecule is O=c1ccc(CN2CCN([C@@H]3C=C[C@H](c4cccc(C(F)(F)F)c4)CC3)CC2)c[nH]1. The summed E-state index contributed by atoms with van der Waals surface area (Å²) in [5.74, 6) is 0.0464. The molecule has 2 aliphatic rings. The number of rotatable bonds is 4. The number of nitrogens with zero attached hydrogens (tertiary/aromatic N) is 2. The molecule has 2 atom stereocenters. The highest BCUT2D eigenvalue weighted by atomic mass is 19.4. The van der Waals surface area contributed by atoms with E-state index in [0.717, 1.165) is 62.8 Å². The quantitative estimate of drug-likeness (QED) is 0.764. The lowest BCUT2D eigenvalue weighted by Crippen LogP contribution is -2.49. The number of hydrogen-bond acceptors (Lipinski definition) is 3. The zero-order valence-electron chi connectivity index (χ0n) is 16.7. The number of aromatic nitrogens is 1. The van der Waals surface area contributed by atoms with E-state index in [-0.39, 0.29) is 11.5 Å². The third-order valence-corrected chi connectivity index (χ3v) is 6.11.